The van der Waals surface area contributed by atoms with Gasteiger partial charge in [0.25, 0.3) is 0 Å². The Balaban J connectivity index is 1.93. The minimum atomic E-state index is -0.0482. The second-order valence-corrected chi connectivity index (χ2v) is 5.16. The summed E-state index contributed by atoms with van der Waals surface area (Å²) in [5.41, 5.74) is 2.42. The Kier molecular flexibility index (Phi) is 4.55. The molecule has 0 aromatic carbocycles. The Hall–Kier alpha value is -1.40. The van der Waals surface area contributed by atoms with E-state index in [2.05, 4.69) is 20.4 Å². The van der Waals surface area contributed by atoms with E-state index in [4.69, 9.17) is 0 Å². The Bertz CT molecular complexity index is 424. The van der Waals surface area contributed by atoms with Crippen molar-refractivity contribution in [2.45, 2.75) is 39.2 Å². The highest BCUT2D eigenvalue weighted by Gasteiger charge is 2.24. The summed E-state index contributed by atoms with van der Waals surface area (Å²) in [7, 11) is 0. The van der Waals surface area contributed by atoms with Crippen LogP contribution in [-0.4, -0.2) is 51.8 Å². The van der Waals surface area contributed by atoms with Crippen molar-refractivity contribution in [2.75, 3.05) is 25.0 Å². The van der Waals surface area contributed by atoms with Gasteiger partial charge in [0.1, 0.15) is 0 Å². The van der Waals surface area contributed by atoms with Gasteiger partial charge in [-0.15, -0.1) is 0 Å². The molecule has 1 fully saturated rings. The number of hydrogen-bond acceptors (Lipinski definition) is 4. The second-order valence-electron chi connectivity index (χ2n) is 5.16. The third-order valence-corrected chi connectivity index (χ3v) is 3.70. The average molecular weight is 266 g/mol. The molecule has 1 saturated heterocycles. The molecule has 3 N–H and O–H groups in total. The molecule has 106 valence electrons. The molecule has 1 aromatic rings. The van der Waals surface area contributed by atoms with Gasteiger partial charge < -0.3 is 10.4 Å². The summed E-state index contributed by atoms with van der Waals surface area (Å²) in [5.74, 6) is -0.0482. The lowest BCUT2D eigenvalue weighted by atomic mass is 10.0. The summed E-state index contributed by atoms with van der Waals surface area (Å²) in [6, 6.07) is 0.117. The molecule has 6 heteroatoms. The quantitative estimate of drug-likeness (QED) is 0.753. The van der Waals surface area contributed by atoms with Gasteiger partial charge in [-0.3, -0.25) is 14.8 Å². The molecule has 0 aliphatic carbocycles. The fourth-order valence-corrected chi connectivity index (χ4v) is 2.57. The smallest absolute Gasteiger partial charge is 0.238 e. The molecule has 6 nitrogen and oxygen atoms in total. The summed E-state index contributed by atoms with van der Waals surface area (Å²) >= 11 is 0. The normalized spacial score (nSPS) is 20.5. The largest absolute Gasteiger partial charge is 0.395 e. The van der Waals surface area contributed by atoms with Gasteiger partial charge in [-0.25, -0.2) is 0 Å². The van der Waals surface area contributed by atoms with E-state index in [1.54, 1.807) is 0 Å². The average Bonchev–Trinajstić information content (AvgIpc) is 2.71. The van der Waals surface area contributed by atoms with Gasteiger partial charge in [0.2, 0.25) is 5.91 Å². The predicted molar refractivity (Wildman–Crippen MR) is 73.0 cm³/mol. The van der Waals surface area contributed by atoms with Crippen molar-refractivity contribution in [1.29, 1.82) is 0 Å². The minimum absolute atomic E-state index is 0.0482. The van der Waals surface area contributed by atoms with Crippen molar-refractivity contribution in [2.24, 2.45) is 0 Å². The van der Waals surface area contributed by atoms with Crippen molar-refractivity contribution in [3.63, 3.8) is 0 Å². The van der Waals surface area contributed by atoms with Crippen LogP contribution < -0.4 is 5.32 Å². The van der Waals surface area contributed by atoms with Crippen molar-refractivity contribution in [3.05, 3.63) is 11.4 Å². The zero-order valence-electron chi connectivity index (χ0n) is 11.6. The molecule has 0 spiro atoms. The summed E-state index contributed by atoms with van der Waals surface area (Å²) in [6.45, 7) is 5.07. The van der Waals surface area contributed by atoms with Crippen LogP contribution in [0.25, 0.3) is 0 Å². The maximum Gasteiger partial charge on any atom is 0.238 e. The zero-order valence-corrected chi connectivity index (χ0v) is 11.6. The standard InChI is InChI=1S/C13H22N4O2/c1-9-13(10(2)16-15-9)14-12(19)7-17-6-4-3-5-11(17)8-18/h11,18H,3-8H2,1-2H3,(H,14,19)(H,15,16)/t11-/m1/s1. The fraction of sp³-hybridized carbons (Fsp3) is 0.692. The number of H-pyrrole nitrogens is 1. The van der Waals surface area contributed by atoms with Crippen molar-refractivity contribution in [3.8, 4) is 0 Å². The topological polar surface area (TPSA) is 81.2 Å². The highest BCUT2D eigenvalue weighted by Crippen LogP contribution is 2.18. The monoisotopic (exact) mass is 266 g/mol. The zero-order chi connectivity index (χ0) is 13.8. The van der Waals surface area contributed by atoms with E-state index in [0.29, 0.717) is 6.54 Å². The first-order valence-corrected chi connectivity index (χ1v) is 6.78. The lowest BCUT2D eigenvalue weighted by Crippen LogP contribution is -2.45. The molecule has 2 rings (SSSR count). The number of aromatic nitrogens is 2. The number of carbonyl (C=O) groups excluding carboxylic acids is 1. The van der Waals surface area contributed by atoms with Crippen LogP contribution in [-0.2, 0) is 4.79 Å². The van der Waals surface area contributed by atoms with E-state index in [-0.39, 0.29) is 18.6 Å². The number of hydrogen-bond donors (Lipinski definition) is 3. The number of nitrogens with one attached hydrogen (secondary N) is 2. The minimum Gasteiger partial charge on any atom is -0.395 e. The molecule has 0 bridgehead atoms. The Morgan fingerprint density at radius 3 is 2.95 bits per heavy atom. The van der Waals surface area contributed by atoms with E-state index < -0.39 is 0 Å². The van der Waals surface area contributed by atoms with Gasteiger partial charge in [-0.05, 0) is 33.2 Å². The Morgan fingerprint density at radius 1 is 1.53 bits per heavy atom. The van der Waals surface area contributed by atoms with Crippen LogP contribution in [0, 0.1) is 13.8 Å². The number of rotatable bonds is 4. The summed E-state index contributed by atoms with van der Waals surface area (Å²) in [4.78, 5) is 14.1. The number of piperidine rings is 1. The van der Waals surface area contributed by atoms with Gasteiger partial charge >= 0.3 is 0 Å². The maximum absolute atomic E-state index is 12.1. The third-order valence-electron chi connectivity index (χ3n) is 3.70. The molecule has 0 unspecified atom stereocenters. The van der Waals surface area contributed by atoms with Crippen LogP contribution in [0.4, 0.5) is 5.69 Å². The highest BCUT2D eigenvalue weighted by atomic mass is 16.3. The molecule has 1 aromatic heterocycles. The summed E-state index contributed by atoms with van der Waals surface area (Å²) < 4.78 is 0. The molecule has 1 aliphatic rings. The number of nitrogens with zero attached hydrogens (tertiary/aromatic N) is 2. The first kappa shape index (κ1) is 14.0. The van der Waals surface area contributed by atoms with Gasteiger partial charge in [0, 0.05) is 6.04 Å². The molecule has 2 heterocycles. The summed E-state index contributed by atoms with van der Waals surface area (Å²) in [5, 5.41) is 19.1. The van der Waals surface area contributed by atoms with E-state index in [1.165, 1.54) is 0 Å². The molecule has 1 atom stereocenters. The van der Waals surface area contributed by atoms with Crippen molar-refractivity contribution >= 4 is 11.6 Å². The molecule has 19 heavy (non-hydrogen) atoms. The molecule has 0 saturated carbocycles. The number of anilines is 1. The third kappa shape index (κ3) is 3.33. The SMILES string of the molecule is Cc1n[nH]c(C)c1NC(=O)CN1CCCC[C@@H]1CO. The van der Waals surface area contributed by atoms with Gasteiger partial charge in [0.05, 0.1) is 30.2 Å². The number of carbonyl (C=O) groups is 1. The number of aliphatic hydroxyl groups is 1. The number of likely N-dealkylation sites (tertiary alicyclic amines) is 1. The van der Waals surface area contributed by atoms with Crippen LogP contribution in [0.2, 0.25) is 0 Å². The van der Waals surface area contributed by atoms with Crippen LogP contribution in [0.15, 0.2) is 0 Å². The Labute approximate surface area is 113 Å². The lowest BCUT2D eigenvalue weighted by molar-refractivity contribution is -0.118. The van der Waals surface area contributed by atoms with E-state index in [9.17, 15) is 9.90 Å². The maximum atomic E-state index is 12.1. The lowest BCUT2D eigenvalue weighted by Gasteiger charge is -2.33. The van der Waals surface area contributed by atoms with E-state index >= 15 is 0 Å². The molecule has 1 aliphatic heterocycles. The second kappa shape index (κ2) is 6.16. The Morgan fingerprint density at radius 2 is 2.32 bits per heavy atom. The van der Waals surface area contributed by atoms with Crippen LogP contribution in [0.3, 0.4) is 0 Å². The highest BCUT2D eigenvalue weighted by molar-refractivity contribution is 5.93. The fourth-order valence-electron chi connectivity index (χ4n) is 2.57. The number of aromatic amines is 1. The van der Waals surface area contributed by atoms with E-state index in [1.807, 2.05) is 13.8 Å². The van der Waals surface area contributed by atoms with Gasteiger partial charge in [-0.2, -0.15) is 5.10 Å². The number of aryl methyl sites for hydroxylation is 2. The van der Waals surface area contributed by atoms with Crippen LogP contribution in [0.1, 0.15) is 30.7 Å². The van der Waals surface area contributed by atoms with Gasteiger partial charge in [0.15, 0.2) is 0 Å². The molecule has 1 amide bonds. The predicted octanol–water partition coefficient (Wildman–Crippen LogP) is 0.812. The molecular weight excluding hydrogens is 244 g/mol. The first-order chi connectivity index (χ1) is 9.11. The number of amides is 1. The molecular formula is C13H22N4O2. The number of aliphatic hydroxyl groups excluding tert-OH is 1. The van der Waals surface area contributed by atoms with Gasteiger partial charge in [-0.1, -0.05) is 6.42 Å². The van der Waals surface area contributed by atoms with E-state index in [0.717, 1.165) is 42.9 Å². The van der Waals surface area contributed by atoms with Crippen molar-refractivity contribution in [1.82, 2.24) is 15.1 Å². The van der Waals surface area contributed by atoms with Crippen LogP contribution in [0.5, 0.6) is 0 Å². The summed E-state index contributed by atoms with van der Waals surface area (Å²) in [6.07, 6.45) is 3.18. The van der Waals surface area contributed by atoms with Crippen LogP contribution >= 0.6 is 0 Å². The molecule has 0 radical (unpaired) electrons. The van der Waals surface area contributed by atoms with Crippen molar-refractivity contribution < 1.29 is 9.90 Å². The first-order valence-electron chi connectivity index (χ1n) is 6.78.